The van der Waals surface area contributed by atoms with Crippen molar-refractivity contribution in [3.05, 3.63) is 29.1 Å². The van der Waals surface area contributed by atoms with Crippen LogP contribution in [0.15, 0.2) is 12.1 Å². The Labute approximate surface area is 107 Å². The molecule has 3 N–H and O–H groups in total. The van der Waals surface area contributed by atoms with Gasteiger partial charge in [-0.25, -0.2) is 4.39 Å². The second kappa shape index (κ2) is 5.82. The minimum atomic E-state index is -0.458. The minimum Gasteiger partial charge on any atom is -0.398 e. The molecule has 0 aliphatic carbocycles. The summed E-state index contributed by atoms with van der Waals surface area (Å²) in [6, 6.07) is 2.69. The van der Waals surface area contributed by atoms with E-state index in [9.17, 15) is 9.18 Å². The predicted octanol–water partition coefficient (Wildman–Crippen LogP) is 1.40. The first kappa shape index (κ1) is 14.4. The third-order valence-corrected chi connectivity index (χ3v) is 2.66. The molecule has 0 aliphatic heterocycles. The van der Waals surface area contributed by atoms with Crippen molar-refractivity contribution in [3.63, 3.8) is 0 Å². The van der Waals surface area contributed by atoms with Crippen molar-refractivity contribution < 1.29 is 9.18 Å². The quantitative estimate of drug-likeness (QED) is 0.797. The maximum atomic E-state index is 13.5. The van der Waals surface area contributed by atoms with Crippen molar-refractivity contribution in [2.24, 2.45) is 0 Å². The SMILES string of the molecule is Cc1c(N)cc(C(=O)NC(C)CN(C)C)cc1F. The summed E-state index contributed by atoms with van der Waals surface area (Å²) in [5.41, 5.74) is 6.55. The van der Waals surface area contributed by atoms with E-state index >= 15 is 0 Å². The smallest absolute Gasteiger partial charge is 0.251 e. The third-order valence-electron chi connectivity index (χ3n) is 2.66. The lowest BCUT2D eigenvalue weighted by Gasteiger charge is -2.18. The summed E-state index contributed by atoms with van der Waals surface area (Å²) in [6.07, 6.45) is 0. The van der Waals surface area contributed by atoms with Gasteiger partial charge >= 0.3 is 0 Å². The summed E-state index contributed by atoms with van der Waals surface area (Å²) in [5, 5.41) is 2.80. The highest BCUT2D eigenvalue weighted by Crippen LogP contribution is 2.17. The van der Waals surface area contributed by atoms with Gasteiger partial charge in [0.15, 0.2) is 0 Å². The Kier molecular flexibility index (Phi) is 4.67. The molecule has 0 fully saturated rings. The van der Waals surface area contributed by atoms with Gasteiger partial charge in [0.1, 0.15) is 5.82 Å². The van der Waals surface area contributed by atoms with Crippen molar-refractivity contribution in [1.82, 2.24) is 10.2 Å². The summed E-state index contributed by atoms with van der Waals surface area (Å²) in [7, 11) is 3.85. The molecule has 18 heavy (non-hydrogen) atoms. The molecule has 0 spiro atoms. The van der Waals surface area contributed by atoms with Crippen LogP contribution in [-0.2, 0) is 0 Å². The van der Waals surface area contributed by atoms with E-state index in [0.717, 1.165) is 6.54 Å². The van der Waals surface area contributed by atoms with E-state index in [2.05, 4.69) is 5.32 Å². The lowest BCUT2D eigenvalue weighted by atomic mass is 10.1. The Balaban J connectivity index is 2.79. The van der Waals surface area contributed by atoms with E-state index in [1.165, 1.54) is 12.1 Å². The first-order chi connectivity index (χ1) is 8.31. The maximum absolute atomic E-state index is 13.5. The van der Waals surface area contributed by atoms with Crippen LogP contribution in [0.4, 0.5) is 10.1 Å². The van der Waals surface area contributed by atoms with Crippen LogP contribution in [0.3, 0.4) is 0 Å². The summed E-state index contributed by atoms with van der Waals surface area (Å²) in [6.45, 7) is 4.20. The fraction of sp³-hybridized carbons (Fsp3) is 0.462. The number of rotatable bonds is 4. The van der Waals surface area contributed by atoms with Crippen LogP contribution in [0.25, 0.3) is 0 Å². The van der Waals surface area contributed by atoms with Gasteiger partial charge in [0.2, 0.25) is 0 Å². The van der Waals surface area contributed by atoms with E-state index in [0.29, 0.717) is 11.3 Å². The minimum absolute atomic E-state index is 0.0157. The largest absolute Gasteiger partial charge is 0.398 e. The molecular formula is C13H20FN3O. The van der Waals surface area contributed by atoms with E-state index in [1.807, 2.05) is 25.9 Å². The first-order valence-electron chi connectivity index (χ1n) is 5.82. The summed E-state index contributed by atoms with van der Waals surface area (Å²) >= 11 is 0. The van der Waals surface area contributed by atoms with Crippen molar-refractivity contribution in [2.75, 3.05) is 26.4 Å². The molecule has 1 unspecified atom stereocenters. The highest BCUT2D eigenvalue weighted by Gasteiger charge is 2.13. The van der Waals surface area contributed by atoms with E-state index in [4.69, 9.17) is 5.73 Å². The Morgan fingerprint density at radius 3 is 2.61 bits per heavy atom. The van der Waals surface area contributed by atoms with Gasteiger partial charge in [0.05, 0.1) is 0 Å². The number of benzene rings is 1. The van der Waals surface area contributed by atoms with Gasteiger partial charge in [-0.1, -0.05) is 0 Å². The molecule has 1 amide bonds. The van der Waals surface area contributed by atoms with Crippen molar-refractivity contribution in [3.8, 4) is 0 Å². The summed E-state index contributed by atoms with van der Waals surface area (Å²) < 4.78 is 13.5. The molecule has 0 aromatic heterocycles. The van der Waals surface area contributed by atoms with Gasteiger partial charge < -0.3 is 16.0 Å². The highest BCUT2D eigenvalue weighted by atomic mass is 19.1. The number of hydrogen-bond donors (Lipinski definition) is 2. The molecule has 100 valence electrons. The maximum Gasteiger partial charge on any atom is 0.251 e. The first-order valence-corrected chi connectivity index (χ1v) is 5.82. The second-order valence-electron chi connectivity index (χ2n) is 4.81. The average molecular weight is 253 g/mol. The lowest BCUT2D eigenvalue weighted by molar-refractivity contribution is 0.0934. The number of halogens is 1. The number of carbonyl (C=O) groups excluding carboxylic acids is 1. The van der Waals surface area contributed by atoms with Crippen molar-refractivity contribution in [2.45, 2.75) is 19.9 Å². The molecule has 0 aliphatic rings. The van der Waals surface area contributed by atoms with Gasteiger partial charge in [-0.2, -0.15) is 0 Å². The van der Waals surface area contributed by atoms with Crippen LogP contribution >= 0.6 is 0 Å². The van der Waals surface area contributed by atoms with E-state index in [1.54, 1.807) is 6.92 Å². The Hall–Kier alpha value is -1.62. The molecule has 4 nitrogen and oxygen atoms in total. The molecule has 1 aromatic carbocycles. The summed E-state index contributed by atoms with van der Waals surface area (Å²) in [5.74, 6) is -0.768. The summed E-state index contributed by atoms with van der Waals surface area (Å²) in [4.78, 5) is 13.9. The highest BCUT2D eigenvalue weighted by molar-refractivity contribution is 5.95. The molecule has 5 heteroatoms. The van der Waals surface area contributed by atoms with Crippen molar-refractivity contribution in [1.29, 1.82) is 0 Å². The van der Waals surface area contributed by atoms with E-state index < -0.39 is 5.82 Å². The van der Waals surface area contributed by atoms with Gasteiger partial charge in [0.25, 0.3) is 5.91 Å². The molecule has 0 bridgehead atoms. The number of nitrogen functional groups attached to an aromatic ring is 1. The number of likely N-dealkylation sites (N-methyl/N-ethyl adjacent to an activating group) is 1. The van der Waals surface area contributed by atoms with Gasteiger partial charge in [-0.15, -0.1) is 0 Å². The van der Waals surface area contributed by atoms with Gasteiger partial charge in [-0.05, 0) is 40.1 Å². The Morgan fingerprint density at radius 2 is 2.11 bits per heavy atom. The normalized spacial score (nSPS) is 12.6. The zero-order valence-corrected chi connectivity index (χ0v) is 11.2. The number of hydrogen-bond acceptors (Lipinski definition) is 3. The number of nitrogens with two attached hydrogens (primary N) is 1. The Bertz CT molecular complexity index is 423. The number of amides is 1. The fourth-order valence-electron chi connectivity index (χ4n) is 1.73. The monoisotopic (exact) mass is 253 g/mol. The molecule has 0 heterocycles. The topological polar surface area (TPSA) is 58.4 Å². The zero-order chi connectivity index (χ0) is 13.9. The molecule has 0 saturated heterocycles. The van der Waals surface area contributed by atoms with Crippen LogP contribution in [0.2, 0.25) is 0 Å². The third kappa shape index (κ3) is 3.70. The zero-order valence-electron chi connectivity index (χ0n) is 11.2. The molecular weight excluding hydrogens is 233 g/mol. The number of carbonyl (C=O) groups is 1. The average Bonchev–Trinajstić information content (AvgIpc) is 2.23. The van der Waals surface area contributed by atoms with Gasteiger partial charge in [0, 0.05) is 29.4 Å². The number of anilines is 1. The molecule has 0 radical (unpaired) electrons. The number of nitrogens with zero attached hydrogens (tertiary/aromatic N) is 1. The predicted molar refractivity (Wildman–Crippen MR) is 71.0 cm³/mol. The second-order valence-corrected chi connectivity index (χ2v) is 4.81. The van der Waals surface area contributed by atoms with Crippen molar-refractivity contribution >= 4 is 11.6 Å². The molecule has 1 aromatic rings. The Morgan fingerprint density at radius 1 is 1.50 bits per heavy atom. The van der Waals surface area contributed by atoms with Crippen LogP contribution in [0, 0.1) is 12.7 Å². The van der Waals surface area contributed by atoms with Crippen LogP contribution in [0.5, 0.6) is 0 Å². The standard InChI is InChI=1S/C13H20FN3O/c1-8(7-17(3)4)16-13(18)10-5-11(14)9(2)12(15)6-10/h5-6,8H,7,15H2,1-4H3,(H,16,18). The van der Waals surface area contributed by atoms with Crippen LogP contribution < -0.4 is 11.1 Å². The van der Waals surface area contributed by atoms with Crippen LogP contribution in [-0.4, -0.2) is 37.5 Å². The fourth-order valence-corrected chi connectivity index (χ4v) is 1.73. The molecule has 0 saturated carbocycles. The molecule has 1 atom stereocenters. The lowest BCUT2D eigenvalue weighted by Crippen LogP contribution is -2.39. The van der Waals surface area contributed by atoms with Crippen LogP contribution in [0.1, 0.15) is 22.8 Å². The van der Waals surface area contributed by atoms with Gasteiger partial charge in [-0.3, -0.25) is 4.79 Å². The van der Waals surface area contributed by atoms with E-state index in [-0.39, 0.29) is 17.5 Å². The number of nitrogens with one attached hydrogen (secondary N) is 1. The molecule has 1 rings (SSSR count).